The summed E-state index contributed by atoms with van der Waals surface area (Å²) in [5.41, 5.74) is 1.73. The van der Waals surface area contributed by atoms with Crippen LogP contribution in [0, 0.1) is 0 Å². The van der Waals surface area contributed by atoms with E-state index >= 15 is 0 Å². The first-order valence-corrected chi connectivity index (χ1v) is 16.0. The SMILES string of the molecule is CNC(=O)[C@H](Cc1ccccc1)N(Cc1ccc(Br)cc1)C(=O)CN(c1cc(OC)ccc1OC)S(=O)(=O)c1ccccc1. The number of nitrogens with one attached hydrogen (secondary N) is 1. The third-order valence-corrected chi connectivity index (χ3v) is 9.35. The number of rotatable bonds is 13. The van der Waals surface area contributed by atoms with Gasteiger partial charge >= 0.3 is 0 Å². The Morgan fingerprint density at radius 2 is 1.48 bits per heavy atom. The molecule has 9 nitrogen and oxygen atoms in total. The van der Waals surface area contributed by atoms with Crippen LogP contribution in [0.2, 0.25) is 0 Å². The molecule has 11 heteroatoms. The van der Waals surface area contributed by atoms with Gasteiger partial charge in [-0.15, -0.1) is 0 Å². The van der Waals surface area contributed by atoms with Gasteiger partial charge in [0, 0.05) is 30.6 Å². The van der Waals surface area contributed by atoms with E-state index in [1.165, 1.54) is 44.4 Å². The highest BCUT2D eigenvalue weighted by atomic mass is 79.9. The van der Waals surface area contributed by atoms with Gasteiger partial charge in [0.1, 0.15) is 24.1 Å². The molecule has 2 amide bonds. The molecule has 0 bridgehead atoms. The van der Waals surface area contributed by atoms with E-state index in [-0.39, 0.29) is 35.2 Å². The highest BCUT2D eigenvalue weighted by Crippen LogP contribution is 2.36. The molecule has 0 unspecified atom stereocenters. The van der Waals surface area contributed by atoms with E-state index in [2.05, 4.69) is 21.2 Å². The van der Waals surface area contributed by atoms with Gasteiger partial charge in [0.2, 0.25) is 11.8 Å². The van der Waals surface area contributed by atoms with E-state index in [9.17, 15) is 18.0 Å². The molecule has 0 aromatic heterocycles. The summed E-state index contributed by atoms with van der Waals surface area (Å²) in [5.74, 6) is -0.359. The summed E-state index contributed by atoms with van der Waals surface area (Å²) in [7, 11) is 0.105. The molecule has 1 atom stereocenters. The van der Waals surface area contributed by atoms with Crippen molar-refractivity contribution < 1.29 is 27.5 Å². The van der Waals surface area contributed by atoms with E-state index in [0.717, 1.165) is 19.9 Å². The van der Waals surface area contributed by atoms with Gasteiger partial charge in [0.05, 0.1) is 24.8 Å². The quantitative estimate of drug-likeness (QED) is 0.212. The number of ether oxygens (including phenoxy) is 2. The maximum atomic E-state index is 14.4. The second-order valence-electron chi connectivity index (χ2n) is 9.83. The van der Waals surface area contributed by atoms with Crippen LogP contribution in [0.1, 0.15) is 11.1 Å². The van der Waals surface area contributed by atoms with Gasteiger partial charge in [-0.25, -0.2) is 8.42 Å². The minimum absolute atomic E-state index is 0.00994. The lowest BCUT2D eigenvalue weighted by atomic mass is 10.0. The monoisotopic (exact) mass is 679 g/mol. The van der Waals surface area contributed by atoms with Gasteiger partial charge in [0.15, 0.2) is 0 Å². The van der Waals surface area contributed by atoms with Crippen molar-refractivity contribution >= 4 is 43.5 Å². The van der Waals surface area contributed by atoms with E-state index in [1.807, 2.05) is 54.6 Å². The number of halogens is 1. The van der Waals surface area contributed by atoms with Gasteiger partial charge in [-0.3, -0.25) is 13.9 Å². The van der Waals surface area contributed by atoms with Gasteiger partial charge in [0.25, 0.3) is 10.0 Å². The number of sulfonamides is 1. The van der Waals surface area contributed by atoms with Crippen molar-refractivity contribution in [3.05, 3.63) is 119 Å². The molecule has 1 N–H and O–H groups in total. The highest BCUT2D eigenvalue weighted by molar-refractivity contribution is 9.10. The van der Waals surface area contributed by atoms with Crippen LogP contribution in [-0.4, -0.2) is 59.0 Å². The predicted molar refractivity (Wildman–Crippen MR) is 173 cm³/mol. The van der Waals surface area contributed by atoms with E-state index in [4.69, 9.17) is 9.47 Å². The normalized spacial score (nSPS) is 11.7. The molecular formula is C33H34BrN3O6S. The Morgan fingerprint density at radius 1 is 0.841 bits per heavy atom. The third kappa shape index (κ3) is 7.78. The molecule has 0 aliphatic carbocycles. The summed E-state index contributed by atoms with van der Waals surface area (Å²) in [6.45, 7) is -0.551. The Bertz CT molecular complexity index is 1670. The fourth-order valence-corrected chi connectivity index (χ4v) is 6.43. The first-order chi connectivity index (χ1) is 21.2. The molecule has 0 spiro atoms. The van der Waals surface area contributed by atoms with Crippen molar-refractivity contribution in [3.63, 3.8) is 0 Å². The van der Waals surface area contributed by atoms with Crippen molar-refractivity contribution in [2.75, 3.05) is 32.1 Å². The maximum Gasteiger partial charge on any atom is 0.264 e. The molecule has 0 radical (unpaired) electrons. The number of likely N-dealkylation sites (N-methyl/N-ethyl adjacent to an activating group) is 1. The maximum absolute atomic E-state index is 14.4. The molecule has 44 heavy (non-hydrogen) atoms. The van der Waals surface area contributed by atoms with Crippen LogP contribution in [0.4, 0.5) is 5.69 Å². The summed E-state index contributed by atoms with van der Waals surface area (Å²) < 4.78 is 41.1. The largest absolute Gasteiger partial charge is 0.497 e. The number of methoxy groups -OCH3 is 2. The summed E-state index contributed by atoms with van der Waals surface area (Å²) in [6.07, 6.45) is 0.219. The molecule has 0 saturated carbocycles. The van der Waals surface area contributed by atoms with Crippen molar-refractivity contribution in [1.82, 2.24) is 10.2 Å². The van der Waals surface area contributed by atoms with Crippen molar-refractivity contribution in [3.8, 4) is 11.5 Å². The second-order valence-corrected chi connectivity index (χ2v) is 12.6. The van der Waals surface area contributed by atoms with E-state index in [0.29, 0.717) is 5.75 Å². The summed E-state index contributed by atoms with van der Waals surface area (Å²) in [4.78, 5) is 29.2. The molecule has 4 rings (SSSR count). The number of anilines is 1. The Labute approximate surface area is 266 Å². The average molecular weight is 681 g/mol. The van der Waals surface area contributed by atoms with Crippen LogP contribution in [0.3, 0.4) is 0 Å². The number of amides is 2. The molecular weight excluding hydrogens is 646 g/mol. The van der Waals surface area contributed by atoms with Gasteiger partial charge in [-0.1, -0.05) is 76.6 Å². The van der Waals surface area contributed by atoms with Crippen molar-refractivity contribution in [2.45, 2.75) is 23.9 Å². The van der Waals surface area contributed by atoms with Gasteiger partial charge in [-0.2, -0.15) is 0 Å². The standard InChI is InChI=1S/C33H34BrN3O6S/c1-35-33(39)30(20-24-10-6-4-7-11-24)36(22-25-14-16-26(34)17-15-25)32(38)23-37(44(40,41)28-12-8-5-9-13-28)29-21-27(42-2)18-19-31(29)43-3/h4-19,21,30H,20,22-23H2,1-3H3,(H,35,39)/t30-/m0/s1. The molecule has 0 heterocycles. The number of carbonyl (C=O) groups is 2. The topological polar surface area (TPSA) is 105 Å². The van der Waals surface area contributed by atoms with Gasteiger partial charge in [-0.05, 0) is 47.5 Å². The number of nitrogens with zero attached hydrogens (tertiary/aromatic N) is 2. The molecule has 0 aliphatic rings. The zero-order valence-corrected chi connectivity index (χ0v) is 27.0. The van der Waals surface area contributed by atoms with Gasteiger partial charge < -0.3 is 19.7 Å². The lowest BCUT2D eigenvalue weighted by molar-refractivity contribution is -0.139. The molecule has 0 aliphatic heterocycles. The number of carbonyl (C=O) groups excluding carboxylic acids is 2. The Morgan fingerprint density at radius 3 is 2.07 bits per heavy atom. The third-order valence-electron chi connectivity index (χ3n) is 7.05. The Balaban J connectivity index is 1.84. The average Bonchev–Trinajstić information content (AvgIpc) is 3.06. The fourth-order valence-electron chi connectivity index (χ4n) is 4.73. The fraction of sp³-hybridized carbons (Fsp3) is 0.212. The highest BCUT2D eigenvalue weighted by Gasteiger charge is 2.35. The lowest BCUT2D eigenvalue weighted by Gasteiger charge is -2.34. The number of hydrogen-bond donors (Lipinski definition) is 1. The Hall–Kier alpha value is -4.35. The van der Waals surface area contributed by atoms with Crippen LogP contribution in [0.25, 0.3) is 0 Å². The van der Waals surface area contributed by atoms with Crippen LogP contribution in [-0.2, 0) is 32.6 Å². The Kier molecular flexibility index (Phi) is 11.0. The van der Waals surface area contributed by atoms with E-state index in [1.54, 1.807) is 30.3 Å². The molecule has 4 aromatic rings. The molecule has 230 valence electrons. The predicted octanol–water partition coefficient (Wildman–Crippen LogP) is 5.05. The first kappa shape index (κ1) is 32.6. The smallest absolute Gasteiger partial charge is 0.264 e. The molecule has 0 saturated heterocycles. The van der Waals surface area contributed by atoms with Crippen LogP contribution >= 0.6 is 15.9 Å². The molecule has 0 fully saturated rings. The zero-order valence-electron chi connectivity index (χ0n) is 24.6. The minimum atomic E-state index is -4.29. The summed E-state index contributed by atoms with van der Waals surface area (Å²) in [5, 5.41) is 2.68. The van der Waals surface area contributed by atoms with Crippen LogP contribution in [0.5, 0.6) is 11.5 Å². The lowest BCUT2D eigenvalue weighted by Crippen LogP contribution is -2.53. The van der Waals surface area contributed by atoms with Crippen LogP contribution < -0.4 is 19.1 Å². The summed E-state index contributed by atoms with van der Waals surface area (Å²) >= 11 is 3.44. The number of hydrogen-bond acceptors (Lipinski definition) is 6. The number of benzene rings is 4. The zero-order chi connectivity index (χ0) is 31.7. The second kappa shape index (κ2) is 14.9. The minimum Gasteiger partial charge on any atom is -0.497 e. The van der Waals surface area contributed by atoms with E-state index < -0.39 is 28.5 Å². The first-order valence-electron chi connectivity index (χ1n) is 13.8. The van der Waals surface area contributed by atoms with Crippen molar-refractivity contribution in [1.29, 1.82) is 0 Å². The van der Waals surface area contributed by atoms with Crippen molar-refractivity contribution in [2.24, 2.45) is 0 Å². The summed E-state index contributed by atoms with van der Waals surface area (Å²) in [6, 6.07) is 28.4. The molecule has 4 aromatic carbocycles. The van der Waals surface area contributed by atoms with Crippen LogP contribution in [0.15, 0.2) is 112 Å².